The first kappa shape index (κ1) is 22.2. The van der Waals surface area contributed by atoms with Crippen LogP contribution in [0.2, 0.25) is 0 Å². The molecule has 0 saturated heterocycles. The SMILES string of the molecule is CC(=O)OC1C=CC(OC(=O)c2ccccc2)C(O)C1(O)COC(=O)c1ccccc1. The molecule has 8 heteroatoms. The maximum Gasteiger partial charge on any atom is 0.338 e. The Hall–Kier alpha value is -3.49. The van der Waals surface area contributed by atoms with Gasteiger partial charge in [-0.3, -0.25) is 4.79 Å². The average molecular weight is 426 g/mol. The summed E-state index contributed by atoms with van der Waals surface area (Å²) in [6, 6.07) is 16.2. The number of aliphatic hydroxyl groups excluding tert-OH is 1. The van der Waals surface area contributed by atoms with Gasteiger partial charge in [0, 0.05) is 6.92 Å². The number of ether oxygens (including phenoxy) is 3. The van der Waals surface area contributed by atoms with Crippen molar-refractivity contribution in [3.63, 3.8) is 0 Å². The van der Waals surface area contributed by atoms with Gasteiger partial charge in [-0.1, -0.05) is 36.4 Å². The zero-order valence-electron chi connectivity index (χ0n) is 16.7. The molecule has 2 aromatic rings. The molecule has 8 nitrogen and oxygen atoms in total. The van der Waals surface area contributed by atoms with Gasteiger partial charge in [0.2, 0.25) is 0 Å². The van der Waals surface area contributed by atoms with Crippen molar-refractivity contribution in [2.75, 3.05) is 6.61 Å². The highest BCUT2D eigenvalue weighted by atomic mass is 16.6. The van der Waals surface area contributed by atoms with Crippen LogP contribution in [-0.4, -0.2) is 58.6 Å². The van der Waals surface area contributed by atoms with Crippen LogP contribution in [0.5, 0.6) is 0 Å². The van der Waals surface area contributed by atoms with Crippen molar-refractivity contribution in [3.05, 3.63) is 83.9 Å². The van der Waals surface area contributed by atoms with E-state index in [0.29, 0.717) is 0 Å². The zero-order chi connectivity index (χ0) is 22.4. The third-order valence-corrected chi connectivity index (χ3v) is 4.78. The monoisotopic (exact) mass is 426 g/mol. The Morgan fingerprint density at radius 2 is 1.42 bits per heavy atom. The second-order valence-corrected chi connectivity index (χ2v) is 7.03. The molecular weight excluding hydrogens is 404 g/mol. The lowest BCUT2D eigenvalue weighted by Crippen LogP contribution is -2.62. The molecule has 2 N–H and O–H groups in total. The van der Waals surface area contributed by atoms with Gasteiger partial charge in [0.1, 0.15) is 18.8 Å². The van der Waals surface area contributed by atoms with Gasteiger partial charge >= 0.3 is 17.9 Å². The Labute approximate surface area is 178 Å². The van der Waals surface area contributed by atoms with E-state index in [1.807, 2.05) is 0 Å². The van der Waals surface area contributed by atoms with Crippen LogP contribution >= 0.6 is 0 Å². The van der Waals surface area contributed by atoms with Crippen molar-refractivity contribution in [1.29, 1.82) is 0 Å². The normalized spacial score (nSPS) is 24.8. The van der Waals surface area contributed by atoms with Gasteiger partial charge in [0.25, 0.3) is 0 Å². The summed E-state index contributed by atoms with van der Waals surface area (Å²) >= 11 is 0. The Morgan fingerprint density at radius 1 is 0.871 bits per heavy atom. The van der Waals surface area contributed by atoms with Gasteiger partial charge < -0.3 is 24.4 Å². The molecule has 31 heavy (non-hydrogen) atoms. The molecule has 0 spiro atoms. The lowest BCUT2D eigenvalue weighted by molar-refractivity contribution is -0.199. The van der Waals surface area contributed by atoms with E-state index < -0.39 is 48.4 Å². The third kappa shape index (κ3) is 5.17. The number of aliphatic hydroxyl groups is 2. The third-order valence-electron chi connectivity index (χ3n) is 4.78. The summed E-state index contributed by atoms with van der Waals surface area (Å²) in [4.78, 5) is 36.1. The van der Waals surface area contributed by atoms with Gasteiger partial charge in [0.05, 0.1) is 11.1 Å². The molecular formula is C23H22O8. The molecule has 0 aliphatic heterocycles. The first-order chi connectivity index (χ1) is 14.8. The van der Waals surface area contributed by atoms with Crippen LogP contribution in [0.4, 0.5) is 0 Å². The van der Waals surface area contributed by atoms with Crippen molar-refractivity contribution in [1.82, 2.24) is 0 Å². The minimum Gasteiger partial charge on any atom is -0.459 e. The van der Waals surface area contributed by atoms with Gasteiger partial charge in [-0.2, -0.15) is 0 Å². The average Bonchev–Trinajstić information content (AvgIpc) is 2.78. The van der Waals surface area contributed by atoms with E-state index in [-0.39, 0.29) is 11.1 Å². The number of hydrogen-bond donors (Lipinski definition) is 2. The predicted molar refractivity (Wildman–Crippen MR) is 108 cm³/mol. The molecule has 2 aromatic carbocycles. The molecule has 0 radical (unpaired) electrons. The molecule has 4 unspecified atom stereocenters. The zero-order valence-corrected chi connectivity index (χ0v) is 16.7. The second-order valence-electron chi connectivity index (χ2n) is 7.03. The maximum atomic E-state index is 12.4. The van der Waals surface area contributed by atoms with Crippen molar-refractivity contribution in [2.24, 2.45) is 0 Å². The Balaban J connectivity index is 1.78. The quantitative estimate of drug-likeness (QED) is 0.407. The van der Waals surface area contributed by atoms with Gasteiger partial charge in [0.15, 0.2) is 11.7 Å². The summed E-state index contributed by atoms with van der Waals surface area (Å²) in [5, 5.41) is 21.9. The maximum absolute atomic E-state index is 12.4. The lowest BCUT2D eigenvalue weighted by atomic mass is 9.82. The van der Waals surface area contributed by atoms with Crippen molar-refractivity contribution in [2.45, 2.75) is 30.8 Å². The standard InChI is InChI=1S/C23H22O8/c1-15(24)30-19-13-12-18(31-22(27)17-10-6-3-7-11-17)20(25)23(19,28)14-29-21(26)16-8-4-2-5-9-16/h2-13,18-20,25,28H,14H2,1H3. The van der Waals surface area contributed by atoms with Gasteiger partial charge in [-0.15, -0.1) is 0 Å². The molecule has 4 atom stereocenters. The van der Waals surface area contributed by atoms with Crippen LogP contribution in [0.1, 0.15) is 27.6 Å². The number of hydrogen-bond acceptors (Lipinski definition) is 8. The number of esters is 3. The van der Waals surface area contributed by atoms with Gasteiger partial charge in [-0.25, -0.2) is 9.59 Å². The Morgan fingerprint density at radius 3 is 1.97 bits per heavy atom. The van der Waals surface area contributed by atoms with Crippen LogP contribution < -0.4 is 0 Å². The fourth-order valence-corrected chi connectivity index (χ4v) is 3.13. The number of rotatable bonds is 6. The minimum absolute atomic E-state index is 0.239. The minimum atomic E-state index is -2.24. The van der Waals surface area contributed by atoms with Crippen molar-refractivity contribution in [3.8, 4) is 0 Å². The molecule has 162 valence electrons. The largest absolute Gasteiger partial charge is 0.459 e. The molecule has 0 saturated carbocycles. The smallest absolute Gasteiger partial charge is 0.338 e. The summed E-state index contributed by atoms with van der Waals surface area (Å²) in [7, 11) is 0. The van der Waals surface area contributed by atoms with Crippen LogP contribution in [0, 0.1) is 0 Å². The van der Waals surface area contributed by atoms with E-state index in [9.17, 15) is 24.6 Å². The van der Waals surface area contributed by atoms with Crippen LogP contribution in [0.25, 0.3) is 0 Å². The van der Waals surface area contributed by atoms with Crippen LogP contribution in [-0.2, 0) is 19.0 Å². The molecule has 3 rings (SSSR count). The molecule has 0 fully saturated rings. The first-order valence-corrected chi connectivity index (χ1v) is 9.55. The molecule has 0 bridgehead atoms. The number of carbonyl (C=O) groups is 3. The number of carbonyl (C=O) groups excluding carboxylic acids is 3. The van der Waals surface area contributed by atoms with E-state index in [1.165, 1.54) is 36.4 Å². The second kappa shape index (κ2) is 9.55. The molecule has 1 aliphatic rings. The van der Waals surface area contributed by atoms with Crippen molar-refractivity contribution < 1.29 is 38.8 Å². The lowest BCUT2D eigenvalue weighted by Gasteiger charge is -2.41. The van der Waals surface area contributed by atoms with E-state index >= 15 is 0 Å². The first-order valence-electron chi connectivity index (χ1n) is 9.55. The Bertz CT molecular complexity index is 956. The highest BCUT2D eigenvalue weighted by Crippen LogP contribution is 2.30. The van der Waals surface area contributed by atoms with Crippen LogP contribution in [0.3, 0.4) is 0 Å². The van der Waals surface area contributed by atoms with E-state index in [2.05, 4.69) is 0 Å². The molecule has 0 amide bonds. The van der Waals surface area contributed by atoms with Crippen LogP contribution in [0.15, 0.2) is 72.8 Å². The summed E-state index contributed by atoms with van der Waals surface area (Å²) in [6.45, 7) is 0.432. The van der Waals surface area contributed by atoms with Crippen molar-refractivity contribution >= 4 is 17.9 Å². The fourth-order valence-electron chi connectivity index (χ4n) is 3.13. The molecule has 1 aliphatic carbocycles. The summed E-state index contributed by atoms with van der Waals surface area (Å²) in [5.74, 6) is -2.17. The highest BCUT2D eigenvalue weighted by molar-refractivity contribution is 5.90. The number of benzene rings is 2. The topological polar surface area (TPSA) is 119 Å². The summed E-state index contributed by atoms with van der Waals surface area (Å²) in [6.07, 6.45) is -1.73. The van der Waals surface area contributed by atoms with E-state index in [0.717, 1.165) is 6.92 Å². The summed E-state index contributed by atoms with van der Waals surface area (Å²) < 4.78 is 15.6. The van der Waals surface area contributed by atoms with Gasteiger partial charge in [-0.05, 0) is 36.4 Å². The van der Waals surface area contributed by atoms with E-state index in [1.54, 1.807) is 36.4 Å². The molecule has 0 aromatic heterocycles. The highest BCUT2D eigenvalue weighted by Gasteiger charge is 2.52. The fraction of sp³-hybridized carbons (Fsp3) is 0.261. The molecule has 0 heterocycles. The van der Waals surface area contributed by atoms with E-state index in [4.69, 9.17) is 14.2 Å². The predicted octanol–water partition coefficient (Wildman–Crippen LogP) is 1.66. The Kier molecular flexibility index (Phi) is 6.84. The summed E-state index contributed by atoms with van der Waals surface area (Å²) in [5.41, 5.74) is -1.75.